The van der Waals surface area contributed by atoms with Gasteiger partial charge in [0.15, 0.2) is 5.96 Å². The Kier molecular flexibility index (Phi) is 8.71. The Labute approximate surface area is 155 Å². The fourth-order valence-electron chi connectivity index (χ4n) is 1.55. The number of nitrogens with one attached hydrogen (secondary N) is 1. The molecular formula is C13H18Cl2F2IN3O. The minimum Gasteiger partial charge on any atom is -0.433 e. The maximum atomic E-state index is 12.4. The van der Waals surface area contributed by atoms with Crippen LogP contribution in [0.15, 0.2) is 17.1 Å². The summed E-state index contributed by atoms with van der Waals surface area (Å²) in [5.74, 6) is 0.0324. The Morgan fingerprint density at radius 3 is 2.45 bits per heavy atom. The maximum absolute atomic E-state index is 12.4. The number of halogens is 5. The molecule has 1 aromatic rings. The van der Waals surface area contributed by atoms with Crippen molar-refractivity contribution in [2.24, 2.45) is 10.7 Å². The Balaban J connectivity index is 0.00000441. The van der Waals surface area contributed by atoms with Gasteiger partial charge in [0.25, 0.3) is 0 Å². The number of aliphatic imine (C=N–C) groups is 1. The van der Waals surface area contributed by atoms with Crippen molar-refractivity contribution in [1.29, 1.82) is 0 Å². The van der Waals surface area contributed by atoms with Crippen LogP contribution in [0.5, 0.6) is 5.75 Å². The van der Waals surface area contributed by atoms with Crippen LogP contribution in [0.4, 0.5) is 8.78 Å². The van der Waals surface area contributed by atoms with E-state index in [1.807, 2.05) is 20.8 Å². The van der Waals surface area contributed by atoms with Gasteiger partial charge >= 0.3 is 6.61 Å². The van der Waals surface area contributed by atoms with Gasteiger partial charge in [-0.15, -0.1) is 24.0 Å². The van der Waals surface area contributed by atoms with Crippen LogP contribution < -0.4 is 15.8 Å². The average molecular weight is 468 g/mol. The van der Waals surface area contributed by atoms with Crippen LogP contribution in [0.1, 0.15) is 26.3 Å². The van der Waals surface area contributed by atoms with E-state index in [1.165, 1.54) is 12.1 Å². The van der Waals surface area contributed by atoms with E-state index in [2.05, 4.69) is 15.0 Å². The molecule has 0 unspecified atom stereocenters. The number of benzene rings is 1. The molecule has 0 heterocycles. The van der Waals surface area contributed by atoms with Crippen LogP contribution in [0, 0.1) is 0 Å². The molecule has 0 amide bonds. The van der Waals surface area contributed by atoms with E-state index < -0.39 is 6.61 Å². The van der Waals surface area contributed by atoms with E-state index in [0.717, 1.165) is 0 Å². The maximum Gasteiger partial charge on any atom is 0.387 e. The molecule has 22 heavy (non-hydrogen) atoms. The van der Waals surface area contributed by atoms with Crippen molar-refractivity contribution >= 4 is 53.1 Å². The number of hydrogen-bond acceptors (Lipinski definition) is 2. The SMILES string of the molecule is CC(C)(C)NC(N)=NCc1cc(Cl)cc(Cl)c1OC(F)F.I. The zero-order valence-corrected chi connectivity index (χ0v) is 16.1. The second-order valence-electron chi connectivity index (χ2n) is 5.33. The third kappa shape index (κ3) is 7.64. The van der Waals surface area contributed by atoms with Crippen LogP contribution in [0.2, 0.25) is 10.0 Å². The molecule has 0 radical (unpaired) electrons. The number of alkyl halides is 2. The minimum absolute atomic E-state index is 0. The molecule has 126 valence electrons. The lowest BCUT2D eigenvalue weighted by atomic mass is 10.1. The third-order valence-corrected chi connectivity index (χ3v) is 2.71. The first-order valence-corrected chi connectivity index (χ1v) is 6.85. The van der Waals surface area contributed by atoms with Gasteiger partial charge in [-0.05, 0) is 32.9 Å². The van der Waals surface area contributed by atoms with Gasteiger partial charge in [0.05, 0.1) is 11.6 Å². The Morgan fingerprint density at radius 2 is 1.95 bits per heavy atom. The van der Waals surface area contributed by atoms with Gasteiger partial charge in [-0.2, -0.15) is 8.78 Å². The quantitative estimate of drug-likeness (QED) is 0.391. The summed E-state index contributed by atoms with van der Waals surface area (Å²) in [6.07, 6.45) is 0. The van der Waals surface area contributed by atoms with Crippen molar-refractivity contribution in [3.05, 3.63) is 27.7 Å². The predicted octanol–water partition coefficient (Wildman–Crippen LogP) is 4.42. The van der Waals surface area contributed by atoms with E-state index in [-0.39, 0.29) is 52.8 Å². The molecule has 4 nitrogen and oxygen atoms in total. The minimum atomic E-state index is -2.99. The summed E-state index contributed by atoms with van der Waals surface area (Å²) in [6.45, 7) is 2.76. The first kappa shape index (κ1) is 21.5. The lowest BCUT2D eigenvalue weighted by molar-refractivity contribution is -0.0503. The number of ether oxygens (including phenoxy) is 1. The zero-order valence-electron chi connectivity index (χ0n) is 12.3. The molecule has 3 N–H and O–H groups in total. The summed E-state index contributed by atoms with van der Waals surface area (Å²) < 4.78 is 29.2. The number of hydrogen-bond donors (Lipinski definition) is 2. The predicted molar refractivity (Wildman–Crippen MR) is 96.7 cm³/mol. The molecule has 0 saturated heterocycles. The number of nitrogens with two attached hydrogens (primary N) is 1. The Bertz CT molecular complexity index is 537. The molecule has 0 aliphatic heterocycles. The molecule has 0 aromatic heterocycles. The lowest BCUT2D eigenvalue weighted by Crippen LogP contribution is -2.44. The smallest absolute Gasteiger partial charge is 0.387 e. The van der Waals surface area contributed by atoms with Gasteiger partial charge < -0.3 is 15.8 Å². The molecule has 0 aliphatic rings. The van der Waals surface area contributed by atoms with Crippen LogP contribution in [-0.4, -0.2) is 18.1 Å². The van der Waals surface area contributed by atoms with Crippen LogP contribution in [-0.2, 0) is 6.54 Å². The first-order chi connectivity index (χ1) is 9.58. The van der Waals surface area contributed by atoms with Crippen molar-refractivity contribution in [2.45, 2.75) is 39.5 Å². The molecule has 1 rings (SSSR count). The summed E-state index contributed by atoms with van der Waals surface area (Å²) in [4.78, 5) is 4.07. The van der Waals surface area contributed by atoms with Crippen LogP contribution in [0.3, 0.4) is 0 Å². The highest BCUT2D eigenvalue weighted by molar-refractivity contribution is 14.0. The highest BCUT2D eigenvalue weighted by atomic mass is 127. The molecule has 9 heteroatoms. The van der Waals surface area contributed by atoms with E-state index in [4.69, 9.17) is 28.9 Å². The Morgan fingerprint density at radius 1 is 1.36 bits per heavy atom. The van der Waals surface area contributed by atoms with E-state index in [9.17, 15) is 8.78 Å². The topological polar surface area (TPSA) is 59.6 Å². The highest BCUT2D eigenvalue weighted by Gasteiger charge is 2.15. The van der Waals surface area contributed by atoms with E-state index >= 15 is 0 Å². The highest BCUT2D eigenvalue weighted by Crippen LogP contribution is 2.34. The fraction of sp³-hybridized carbons (Fsp3) is 0.462. The summed E-state index contributed by atoms with van der Waals surface area (Å²) in [7, 11) is 0. The molecule has 0 bridgehead atoms. The molecule has 0 fully saturated rings. The van der Waals surface area contributed by atoms with Crippen molar-refractivity contribution in [1.82, 2.24) is 5.32 Å². The summed E-state index contributed by atoms with van der Waals surface area (Å²) >= 11 is 11.7. The largest absolute Gasteiger partial charge is 0.433 e. The van der Waals surface area contributed by atoms with Crippen molar-refractivity contribution in [2.75, 3.05) is 0 Å². The normalized spacial score (nSPS) is 12.1. The summed E-state index contributed by atoms with van der Waals surface area (Å²) in [6, 6.07) is 2.78. The van der Waals surface area contributed by atoms with Gasteiger partial charge in [0.2, 0.25) is 0 Å². The summed E-state index contributed by atoms with van der Waals surface area (Å²) in [5, 5.41) is 3.25. The van der Waals surface area contributed by atoms with Crippen LogP contribution >= 0.6 is 47.2 Å². The molecule has 0 atom stereocenters. The van der Waals surface area contributed by atoms with E-state index in [0.29, 0.717) is 10.6 Å². The van der Waals surface area contributed by atoms with Crippen LogP contribution in [0.25, 0.3) is 0 Å². The number of guanidine groups is 1. The molecular weight excluding hydrogens is 450 g/mol. The summed E-state index contributed by atoms with van der Waals surface area (Å²) in [5.41, 5.74) is 5.78. The van der Waals surface area contributed by atoms with E-state index in [1.54, 1.807) is 0 Å². The zero-order chi connectivity index (χ0) is 16.2. The van der Waals surface area contributed by atoms with Gasteiger partial charge in [-0.25, -0.2) is 4.99 Å². The third-order valence-electron chi connectivity index (χ3n) is 2.22. The fourth-order valence-corrected chi connectivity index (χ4v) is 2.13. The second-order valence-corrected chi connectivity index (χ2v) is 6.17. The van der Waals surface area contributed by atoms with Gasteiger partial charge in [0, 0.05) is 16.1 Å². The standard InChI is InChI=1S/C13H17Cl2F2N3O.HI/c1-13(2,3)20-12(18)19-6-7-4-8(14)5-9(15)10(7)21-11(16)17;/h4-5,11H,6H2,1-3H3,(H3,18,19,20);1H. The lowest BCUT2D eigenvalue weighted by Gasteiger charge is -2.21. The molecule has 1 aromatic carbocycles. The van der Waals surface area contributed by atoms with Gasteiger partial charge in [0.1, 0.15) is 5.75 Å². The molecule has 0 saturated carbocycles. The second kappa shape index (κ2) is 8.93. The monoisotopic (exact) mass is 467 g/mol. The Hall–Kier alpha value is -0.540. The number of nitrogens with zero attached hydrogens (tertiary/aromatic N) is 1. The number of rotatable bonds is 4. The first-order valence-electron chi connectivity index (χ1n) is 6.09. The van der Waals surface area contributed by atoms with Crippen molar-refractivity contribution < 1.29 is 13.5 Å². The van der Waals surface area contributed by atoms with Gasteiger partial charge in [-0.1, -0.05) is 23.2 Å². The molecule has 0 aliphatic carbocycles. The van der Waals surface area contributed by atoms with Gasteiger partial charge in [-0.3, -0.25) is 0 Å². The average Bonchev–Trinajstić information content (AvgIpc) is 2.27. The molecule has 0 spiro atoms. The van der Waals surface area contributed by atoms with Crippen molar-refractivity contribution in [3.8, 4) is 5.75 Å². The van der Waals surface area contributed by atoms with Crippen molar-refractivity contribution in [3.63, 3.8) is 0 Å².